The van der Waals surface area contributed by atoms with Crippen LogP contribution in [0.3, 0.4) is 0 Å². The minimum Gasteiger partial charge on any atom is -0.468 e. The largest absolute Gasteiger partial charge is 0.573 e. The standard InChI is InChI=1S/C19H21F3N2O2/c20-19(21,22)26-14-4-1-3-13(7-14)8-23-9-16-17-11-24(12-18(16)17)10-15-5-2-6-25-15/h1-7,16-18,23H,8-12H2. The topological polar surface area (TPSA) is 37.6 Å². The third kappa shape index (κ3) is 4.22. The van der Waals surface area contributed by atoms with E-state index in [1.165, 1.54) is 12.1 Å². The van der Waals surface area contributed by atoms with Crippen LogP contribution in [-0.2, 0) is 13.1 Å². The molecule has 2 unspecified atom stereocenters. The molecular formula is C19H21F3N2O2. The number of halogens is 3. The molecule has 1 aliphatic heterocycles. The zero-order valence-electron chi connectivity index (χ0n) is 14.2. The van der Waals surface area contributed by atoms with Gasteiger partial charge in [-0.25, -0.2) is 0 Å². The van der Waals surface area contributed by atoms with Crippen molar-refractivity contribution >= 4 is 0 Å². The first-order valence-electron chi connectivity index (χ1n) is 8.78. The first-order chi connectivity index (χ1) is 12.5. The van der Waals surface area contributed by atoms with Crippen molar-refractivity contribution in [2.45, 2.75) is 19.5 Å². The maximum atomic E-state index is 12.3. The Kier molecular flexibility index (Phi) is 4.67. The second-order valence-corrected chi connectivity index (χ2v) is 7.09. The fourth-order valence-electron chi connectivity index (χ4n) is 4.03. The summed E-state index contributed by atoms with van der Waals surface area (Å²) in [6, 6.07) is 10.0. The highest BCUT2D eigenvalue weighted by atomic mass is 19.4. The molecule has 1 saturated carbocycles. The number of ether oxygens (including phenoxy) is 1. The van der Waals surface area contributed by atoms with Crippen LogP contribution in [-0.4, -0.2) is 30.9 Å². The van der Waals surface area contributed by atoms with Gasteiger partial charge in [0.1, 0.15) is 11.5 Å². The first-order valence-corrected chi connectivity index (χ1v) is 8.78. The van der Waals surface area contributed by atoms with Gasteiger partial charge in [0.15, 0.2) is 0 Å². The Balaban J connectivity index is 1.19. The predicted molar refractivity (Wildman–Crippen MR) is 89.3 cm³/mol. The van der Waals surface area contributed by atoms with Gasteiger partial charge in [-0.15, -0.1) is 13.2 Å². The van der Waals surface area contributed by atoms with E-state index in [0.29, 0.717) is 12.5 Å². The Morgan fingerprint density at radius 3 is 2.65 bits per heavy atom. The van der Waals surface area contributed by atoms with Crippen molar-refractivity contribution in [2.75, 3.05) is 19.6 Å². The summed E-state index contributed by atoms with van der Waals surface area (Å²) < 4.78 is 46.2. The van der Waals surface area contributed by atoms with Gasteiger partial charge in [0.2, 0.25) is 0 Å². The molecule has 2 aromatic rings. The summed E-state index contributed by atoms with van der Waals surface area (Å²) in [5, 5.41) is 3.37. The van der Waals surface area contributed by atoms with Crippen LogP contribution >= 0.6 is 0 Å². The van der Waals surface area contributed by atoms with Crippen LogP contribution in [0.2, 0.25) is 0 Å². The fraction of sp³-hybridized carbons (Fsp3) is 0.474. The van der Waals surface area contributed by atoms with Crippen molar-refractivity contribution in [3.05, 3.63) is 54.0 Å². The summed E-state index contributed by atoms with van der Waals surface area (Å²) >= 11 is 0. The smallest absolute Gasteiger partial charge is 0.468 e. The van der Waals surface area contributed by atoms with Crippen molar-refractivity contribution in [2.24, 2.45) is 17.8 Å². The average Bonchev–Trinajstić information content (AvgIpc) is 2.97. The van der Waals surface area contributed by atoms with Crippen molar-refractivity contribution in [1.82, 2.24) is 10.2 Å². The number of nitrogens with zero attached hydrogens (tertiary/aromatic N) is 1. The quantitative estimate of drug-likeness (QED) is 0.812. The Bertz CT molecular complexity index is 721. The Morgan fingerprint density at radius 1 is 1.15 bits per heavy atom. The normalized spacial score (nSPS) is 25.3. The molecule has 4 rings (SSSR count). The van der Waals surface area contributed by atoms with Gasteiger partial charge in [-0.1, -0.05) is 12.1 Å². The third-order valence-electron chi connectivity index (χ3n) is 5.25. The molecule has 1 aliphatic carbocycles. The van der Waals surface area contributed by atoms with E-state index in [4.69, 9.17) is 4.42 Å². The molecule has 1 N–H and O–H groups in total. The van der Waals surface area contributed by atoms with E-state index in [0.717, 1.165) is 49.3 Å². The molecule has 0 radical (unpaired) electrons. The molecule has 0 bridgehead atoms. The lowest BCUT2D eigenvalue weighted by Crippen LogP contribution is -2.27. The second-order valence-electron chi connectivity index (χ2n) is 7.09. The van der Waals surface area contributed by atoms with Crippen LogP contribution < -0.4 is 10.1 Å². The van der Waals surface area contributed by atoms with E-state index in [-0.39, 0.29) is 5.75 Å². The number of benzene rings is 1. The molecule has 1 saturated heterocycles. The van der Waals surface area contributed by atoms with Crippen LogP contribution in [0.4, 0.5) is 13.2 Å². The molecule has 4 nitrogen and oxygen atoms in total. The van der Waals surface area contributed by atoms with E-state index >= 15 is 0 Å². The number of hydrogen-bond donors (Lipinski definition) is 1. The van der Waals surface area contributed by atoms with Gasteiger partial charge in [0.25, 0.3) is 0 Å². The van der Waals surface area contributed by atoms with Crippen LogP contribution in [0, 0.1) is 17.8 Å². The van der Waals surface area contributed by atoms with E-state index in [2.05, 4.69) is 15.0 Å². The van der Waals surface area contributed by atoms with E-state index in [1.54, 1.807) is 18.4 Å². The zero-order valence-corrected chi connectivity index (χ0v) is 14.2. The van der Waals surface area contributed by atoms with Crippen LogP contribution in [0.25, 0.3) is 0 Å². The number of furan rings is 1. The molecule has 2 heterocycles. The number of likely N-dealkylation sites (tertiary alicyclic amines) is 1. The highest BCUT2D eigenvalue weighted by molar-refractivity contribution is 5.28. The summed E-state index contributed by atoms with van der Waals surface area (Å²) in [7, 11) is 0. The summed E-state index contributed by atoms with van der Waals surface area (Å²) in [5.41, 5.74) is 0.789. The van der Waals surface area contributed by atoms with Gasteiger partial charge in [-0.05, 0) is 54.1 Å². The van der Waals surface area contributed by atoms with Gasteiger partial charge >= 0.3 is 6.36 Å². The SMILES string of the molecule is FC(F)(F)Oc1cccc(CNCC2C3CN(Cc4ccco4)CC23)c1. The van der Waals surface area contributed by atoms with Crippen molar-refractivity contribution in [1.29, 1.82) is 0 Å². The minimum absolute atomic E-state index is 0.173. The van der Waals surface area contributed by atoms with Crippen molar-refractivity contribution < 1.29 is 22.3 Å². The molecule has 0 spiro atoms. The third-order valence-corrected chi connectivity index (χ3v) is 5.25. The van der Waals surface area contributed by atoms with Crippen molar-refractivity contribution in [3.63, 3.8) is 0 Å². The molecular weight excluding hydrogens is 345 g/mol. The van der Waals surface area contributed by atoms with Gasteiger partial charge in [0.05, 0.1) is 12.8 Å². The molecule has 7 heteroatoms. The zero-order chi connectivity index (χ0) is 18.1. The number of piperidine rings is 1. The Labute approximate surface area is 149 Å². The first kappa shape index (κ1) is 17.4. The van der Waals surface area contributed by atoms with Gasteiger partial charge in [-0.2, -0.15) is 0 Å². The number of hydrogen-bond acceptors (Lipinski definition) is 4. The second kappa shape index (κ2) is 6.96. The number of fused-ring (bicyclic) bond motifs is 1. The molecule has 0 amide bonds. The highest BCUT2D eigenvalue weighted by Gasteiger charge is 2.54. The van der Waals surface area contributed by atoms with E-state index < -0.39 is 6.36 Å². The van der Waals surface area contributed by atoms with E-state index in [1.807, 2.05) is 12.1 Å². The highest BCUT2D eigenvalue weighted by Crippen LogP contribution is 2.51. The molecule has 2 fully saturated rings. The van der Waals surface area contributed by atoms with Crippen molar-refractivity contribution in [3.8, 4) is 5.75 Å². The number of rotatable bonds is 7. The van der Waals surface area contributed by atoms with Gasteiger partial charge in [0, 0.05) is 19.6 Å². The molecule has 1 aromatic carbocycles. The Hall–Kier alpha value is -1.99. The molecule has 26 heavy (non-hydrogen) atoms. The number of alkyl halides is 3. The average molecular weight is 366 g/mol. The fourth-order valence-corrected chi connectivity index (χ4v) is 4.03. The lowest BCUT2D eigenvalue weighted by Gasteiger charge is -2.18. The summed E-state index contributed by atoms with van der Waals surface area (Å²) in [4.78, 5) is 2.42. The molecule has 1 aromatic heterocycles. The maximum Gasteiger partial charge on any atom is 0.573 e. The molecule has 2 atom stereocenters. The summed E-state index contributed by atoms with van der Waals surface area (Å²) in [6.45, 7) is 4.49. The lowest BCUT2D eigenvalue weighted by molar-refractivity contribution is -0.274. The number of nitrogens with one attached hydrogen (secondary N) is 1. The predicted octanol–water partition coefficient (Wildman–Crippen LogP) is 3.65. The van der Waals surface area contributed by atoms with Crippen LogP contribution in [0.5, 0.6) is 5.75 Å². The van der Waals surface area contributed by atoms with Gasteiger partial charge in [-0.3, -0.25) is 4.90 Å². The monoisotopic (exact) mass is 366 g/mol. The Morgan fingerprint density at radius 2 is 1.96 bits per heavy atom. The van der Waals surface area contributed by atoms with E-state index in [9.17, 15) is 13.2 Å². The maximum absolute atomic E-state index is 12.3. The summed E-state index contributed by atoms with van der Waals surface area (Å²) in [5.74, 6) is 2.93. The van der Waals surface area contributed by atoms with Crippen LogP contribution in [0.1, 0.15) is 11.3 Å². The van der Waals surface area contributed by atoms with Crippen LogP contribution in [0.15, 0.2) is 47.1 Å². The van der Waals surface area contributed by atoms with Gasteiger partial charge < -0.3 is 14.5 Å². The minimum atomic E-state index is -4.65. The molecule has 140 valence electrons. The molecule has 2 aliphatic rings. The summed E-state index contributed by atoms with van der Waals surface area (Å²) in [6.07, 6.45) is -2.95. The lowest BCUT2D eigenvalue weighted by atomic mass is 10.2.